The summed E-state index contributed by atoms with van der Waals surface area (Å²) in [6, 6.07) is 0. The Morgan fingerprint density at radius 1 is 1.05 bits per heavy atom. The van der Waals surface area contributed by atoms with E-state index in [2.05, 4.69) is 12.6 Å². The van der Waals surface area contributed by atoms with Crippen LogP contribution in [-0.4, -0.2) is 43.6 Å². The highest BCUT2D eigenvalue weighted by Crippen LogP contribution is 2.14. The van der Waals surface area contributed by atoms with Crippen molar-refractivity contribution in [2.45, 2.75) is 53.1 Å². The van der Waals surface area contributed by atoms with Gasteiger partial charge in [0.05, 0.1) is 13.0 Å². The summed E-state index contributed by atoms with van der Waals surface area (Å²) in [4.78, 5) is 22.7. The van der Waals surface area contributed by atoms with Gasteiger partial charge in [0.2, 0.25) is 0 Å². The van der Waals surface area contributed by atoms with Crippen molar-refractivity contribution in [3.8, 4) is 0 Å². The van der Waals surface area contributed by atoms with Gasteiger partial charge in [0.25, 0.3) is 0 Å². The van der Waals surface area contributed by atoms with Crippen molar-refractivity contribution < 1.29 is 23.8 Å². The highest BCUT2D eigenvalue weighted by atomic mass is 32.1. The minimum Gasteiger partial charge on any atom is -0.463 e. The molecule has 21 heavy (non-hydrogen) atoms. The fraction of sp³-hybridized carbons (Fsp3) is 0.867. The molecule has 0 heterocycles. The van der Waals surface area contributed by atoms with Gasteiger partial charge < -0.3 is 14.2 Å². The summed E-state index contributed by atoms with van der Waals surface area (Å²) in [6.07, 6.45) is 0.938. The maximum atomic E-state index is 11.4. The first kappa shape index (κ1) is 20.2. The summed E-state index contributed by atoms with van der Waals surface area (Å²) in [5.41, 5.74) is -0.0131. The van der Waals surface area contributed by atoms with E-state index in [1.54, 1.807) is 0 Å². The predicted molar refractivity (Wildman–Crippen MR) is 84.5 cm³/mol. The van der Waals surface area contributed by atoms with E-state index in [9.17, 15) is 9.59 Å². The zero-order chi connectivity index (χ0) is 16.3. The van der Waals surface area contributed by atoms with Crippen molar-refractivity contribution in [3.05, 3.63) is 0 Å². The monoisotopic (exact) mass is 320 g/mol. The molecule has 6 heteroatoms. The van der Waals surface area contributed by atoms with Crippen LogP contribution in [0.25, 0.3) is 0 Å². The van der Waals surface area contributed by atoms with Gasteiger partial charge in [-0.25, -0.2) is 0 Å². The fourth-order valence-electron chi connectivity index (χ4n) is 1.32. The third kappa shape index (κ3) is 12.7. The molecule has 0 radical (unpaired) electrons. The van der Waals surface area contributed by atoms with Crippen LogP contribution in [0.15, 0.2) is 0 Å². The Bertz CT molecular complexity index is 290. The number of thiol groups is 1. The maximum Gasteiger partial charge on any atom is 0.306 e. The molecule has 0 aromatic carbocycles. The van der Waals surface area contributed by atoms with E-state index in [0.29, 0.717) is 18.8 Å². The summed E-state index contributed by atoms with van der Waals surface area (Å²) >= 11 is 3.97. The first-order valence-corrected chi connectivity index (χ1v) is 7.95. The lowest BCUT2D eigenvalue weighted by Gasteiger charge is -2.23. The molecule has 0 aliphatic heterocycles. The highest BCUT2D eigenvalue weighted by molar-refractivity contribution is 7.80. The van der Waals surface area contributed by atoms with E-state index in [4.69, 9.17) is 14.2 Å². The van der Waals surface area contributed by atoms with Crippen LogP contribution in [0.3, 0.4) is 0 Å². The van der Waals surface area contributed by atoms with Crippen LogP contribution in [-0.2, 0) is 23.8 Å². The zero-order valence-corrected chi connectivity index (χ0v) is 14.4. The maximum absolute atomic E-state index is 11.4. The quantitative estimate of drug-likeness (QED) is 0.495. The Kier molecular flexibility index (Phi) is 10.5. The van der Waals surface area contributed by atoms with Gasteiger partial charge in [-0.05, 0) is 11.8 Å². The van der Waals surface area contributed by atoms with Crippen molar-refractivity contribution in [1.82, 2.24) is 0 Å². The minimum absolute atomic E-state index is 0.0131. The van der Waals surface area contributed by atoms with E-state index in [0.717, 1.165) is 6.42 Å². The van der Waals surface area contributed by atoms with E-state index in [-0.39, 0.29) is 37.0 Å². The van der Waals surface area contributed by atoms with Crippen LogP contribution in [0.1, 0.15) is 47.0 Å². The molecule has 0 amide bonds. The fourth-order valence-corrected chi connectivity index (χ4v) is 1.51. The Morgan fingerprint density at radius 3 is 2.00 bits per heavy atom. The van der Waals surface area contributed by atoms with Crippen molar-refractivity contribution in [2.75, 3.05) is 25.6 Å². The lowest BCUT2D eigenvalue weighted by atomic mass is 9.98. The van der Waals surface area contributed by atoms with Crippen LogP contribution >= 0.6 is 12.6 Å². The molecule has 1 unspecified atom stereocenters. The highest BCUT2D eigenvalue weighted by Gasteiger charge is 2.19. The van der Waals surface area contributed by atoms with E-state index in [1.165, 1.54) is 0 Å². The number of carbonyl (C=O) groups excluding carboxylic acids is 2. The normalized spacial score (nSPS) is 12.8. The molecule has 0 saturated carbocycles. The Labute approximate surface area is 133 Å². The molecule has 0 aromatic rings. The molecular formula is C15H28O5S. The van der Waals surface area contributed by atoms with E-state index in [1.807, 2.05) is 27.7 Å². The van der Waals surface area contributed by atoms with Crippen molar-refractivity contribution in [1.29, 1.82) is 0 Å². The smallest absolute Gasteiger partial charge is 0.306 e. The summed E-state index contributed by atoms with van der Waals surface area (Å²) in [5, 5.41) is 0. The molecule has 0 rings (SSSR count). The van der Waals surface area contributed by atoms with Crippen LogP contribution in [0.2, 0.25) is 0 Å². The standard InChI is InChI=1S/C15H28O5S/c1-5-6-13(16)18-9-12(20-11-15(2,3)4)10-19-14(17)7-8-21/h12,21H,5-11H2,1-4H3. The van der Waals surface area contributed by atoms with Crippen LogP contribution in [0.4, 0.5) is 0 Å². The van der Waals surface area contributed by atoms with Gasteiger partial charge in [0, 0.05) is 12.2 Å². The summed E-state index contributed by atoms with van der Waals surface area (Å²) < 4.78 is 15.9. The second-order valence-electron chi connectivity index (χ2n) is 6.08. The van der Waals surface area contributed by atoms with Gasteiger partial charge in [-0.2, -0.15) is 12.6 Å². The molecule has 0 spiro atoms. The molecule has 0 fully saturated rings. The predicted octanol–water partition coefficient (Wildman–Crippen LogP) is 2.62. The molecule has 0 aliphatic carbocycles. The number of hydrogen-bond donors (Lipinski definition) is 1. The third-order valence-corrected chi connectivity index (χ3v) is 2.61. The summed E-state index contributed by atoms with van der Waals surface area (Å²) in [6.45, 7) is 8.71. The Hall–Kier alpha value is -0.750. The topological polar surface area (TPSA) is 61.8 Å². The average Bonchev–Trinajstić information content (AvgIpc) is 2.37. The molecule has 0 aromatic heterocycles. The third-order valence-electron chi connectivity index (χ3n) is 2.38. The van der Waals surface area contributed by atoms with Crippen LogP contribution < -0.4 is 0 Å². The molecule has 0 aliphatic rings. The molecule has 0 saturated heterocycles. The first-order chi connectivity index (χ1) is 9.78. The number of rotatable bonds is 10. The minimum atomic E-state index is -0.436. The Morgan fingerprint density at radius 2 is 1.57 bits per heavy atom. The second kappa shape index (κ2) is 10.9. The van der Waals surface area contributed by atoms with E-state index < -0.39 is 6.10 Å². The molecule has 124 valence electrons. The number of carbonyl (C=O) groups is 2. The zero-order valence-electron chi connectivity index (χ0n) is 13.5. The van der Waals surface area contributed by atoms with Gasteiger partial charge in [-0.1, -0.05) is 27.7 Å². The number of ether oxygens (including phenoxy) is 3. The van der Waals surface area contributed by atoms with Gasteiger partial charge in [-0.3, -0.25) is 9.59 Å². The Balaban J connectivity index is 4.26. The van der Waals surface area contributed by atoms with Gasteiger partial charge >= 0.3 is 11.9 Å². The van der Waals surface area contributed by atoms with Crippen molar-refractivity contribution in [3.63, 3.8) is 0 Å². The van der Waals surface area contributed by atoms with Crippen molar-refractivity contribution >= 4 is 24.6 Å². The van der Waals surface area contributed by atoms with Gasteiger partial charge in [0.1, 0.15) is 19.3 Å². The largest absolute Gasteiger partial charge is 0.463 e. The summed E-state index contributed by atoms with van der Waals surface area (Å²) in [7, 11) is 0. The van der Waals surface area contributed by atoms with Gasteiger partial charge in [0.15, 0.2) is 0 Å². The lowest BCUT2D eigenvalue weighted by Crippen LogP contribution is -2.31. The van der Waals surface area contributed by atoms with Crippen LogP contribution in [0, 0.1) is 5.41 Å². The summed E-state index contributed by atoms with van der Waals surface area (Å²) in [5.74, 6) is -0.143. The first-order valence-electron chi connectivity index (χ1n) is 7.32. The van der Waals surface area contributed by atoms with Crippen LogP contribution in [0.5, 0.6) is 0 Å². The lowest BCUT2D eigenvalue weighted by molar-refractivity contribution is -0.156. The molecule has 0 bridgehead atoms. The number of hydrogen-bond acceptors (Lipinski definition) is 6. The average molecular weight is 320 g/mol. The second-order valence-corrected chi connectivity index (χ2v) is 6.53. The molecular weight excluding hydrogens is 292 g/mol. The van der Waals surface area contributed by atoms with Gasteiger partial charge in [-0.15, -0.1) is 0 Å². The number of esters is 2. The molecule has 5 nitrogen and oxygen atoms in total. The molecule has 1 atom stereocenters. The SMILES string of the molecule is CCCC(=O)OCC(COC(=O)CCS)OCC(C)(C)C. The van der Waals surface area contributed by atoms with Crippen molar-refractivity contribution in [2.24, 2.45) is 5.41 Å². The van der Waals surface area contributed by atoms with E-state index >= 15 is 0 Å². The molecule has 0 N–H and O–H groups in total.